The predicted octanol–water partition coefficient (Wildman–Crippen LogP) is 1.92. The molecule has 0 aliphatic rings. The largest absolute Gasteiger partial charge is 0.481 e. The lowest BCUT2D eigenvalue weighted by Crippen LogP contribution is -2.35. The second-order valence-electron chi connectivity index (χ2n) is 5.48. The summed E-state index contributed by atoms with van der Waals surface area (Å²) in [6, 6.07) is 6.43. The Labute approximate surface area is 169 Å². The summed E-state index contributed by atoms with van der Waals surface area (Å²) in [5, 5.41) is 2.32. The second-order valence-corrected chi connectivity index (χ2v) is 7.49. The van der Waals surface area contributed by atoms with Gasteiger partial charge in [-0.25, -0.2) is 27.7 Å². The number of esters is 1. The van der Waals surface area contributed by atoms with Crippen LogP contribution in [0.3, 0.4) is 0 Å². The number of carbonyl (C=O) groups excluding carboxylic acids is 2. The van der Waals surface area contributed by atoms with Gasteiger partial charge in [0.2, 0.25) is 11.8 Å². The van der Waals surface area contributed by atoms with Crippen LogP contribution >= 0.6 is 11.6 Å². The predicted molar refractivity (Wildman–Crippen MR) is 103 cm³/mol. The first kappa shape index (κ1) is 20.4. The van der Waals surface area contributed by atoms with Crippen LogP contribution in [-0.2, 0) is 14.8 Å². The number of aromatic amines is 1. The van der Waals surface area contributed by atoms with Gasteiger partial charge in [-0.15, -0.1) is 0 Å². The zero-order chi connectivity index (χ0) is 21.2. The Kier molecular flexibility index (Phi) is 5.57. The third-order valence-corrected chi connectivity index (χ3v) is 5.26. The van der Waals surface area contributed by atoms with Crippen LogP contribution < -0.4 is 14.8 Å². The zero-order valence-corrected chi connectivity index (χ0v) is 16.6. The van der Waals surface area contributed by atoms with Gasteiger partial charge in [-0.3, -0.25) is 5.32 Å². The lowest BCUT2D eigenvalue weighted by atomic mass is 10.2. The molecule has 2 amide bonds. The number of amides is 2. The first-order valence-electron chi connectivity index (χ1n) is 7.86. The van der Waals surface area contributed by atoms with Crippen LogP contribution in [0.25, 0.3) is 10.9 Å². The minimum atomic E-state index is -4.49. The number of carbonyl (C=O) groups is 2. The van der Waals surface area contributed by atoms with Crippen molar-refractivity contribution in [3.05, 3.63) is 41.2 Å². The molecule has 11 nitrogen and oxygen atoms in total. The molecule has 3 N–H and O–H groups in total. The number of hydrogen-bond acceptors (Lipinski definition) is 8. The highest BCUT2D eigenvalue weighted by Crippen LogP contribution is 2.27. The first-order valence-corrected chi connectivity index (χ1v) is 9.72. The number of methoxy groups -OCH3 is 2. The summed E-state index contributed by atoms with van der Waals surface area (Å²) in [4.78, 5) is 34.1. The molecule has 2 aromatic heterocycles. The molecule has 3 rings (SSSR count). The molecular formula is C16H14ClN5O6S. The Morgan fingerprint density at radius 3 is 2.59 bits per heavy atom. The molecule has 0 bridgehead atoms. The SMILES string of the molecule is COC(=O)c1[nH]c2ccccc2c1S(=O)(=O)NC(=O)Nc1nc(Cl)cc(OC)n1. The van der Waals surface area contributed by atoms with E-state index in [1.807, 2.05) is 0 Å². The van der Waals surface area contributed by atoms with E-state index in [0.717, 1.165) is 7.11 Å². The van der Waals surface area contributed by atoms with Crippen molar-refractivity contribution in [3.8, 4) is 5.88 Å². The molecule has 29 heavy (non-hydrogen) atoms. The minimum absolute atomic E-state index is 0.0281. The van der Waals surface area contributed by atoms with Crippen LogP contribution in [0.2, 0.25) is 5.15 Å². The molecule has 0 saturated carbocycles. The number of nitrogens with one attached hydrogen (secondary N) is 3. The Morgan fingerprint density at radius 2 is 1.90 bits per heavy atom. The highest BCUT2D eigenvalue weighted by molar-refractivity contribution is 7.90. The molecule has 0 aliphatic carbocycles. The number of urea groups is 1. The highest BCUT2D eigenvalue weighted by atomic mass is 35.5. The molecule has 13 heteroatoms. The zero-order valence-electron chi connectivity index (χ0n) is 15.0. The maximum atomic E-state index is 12.8. The van der Waals surface area contributed by atoms with Crippen LogP contribution in [0.15, 0.2) is 35.2 Å². The van der Waals surface area contributed by atoms with Gasteiger partial charge in [0, 0.05) is 17.0 Å². The van der Waals surface area contributed by atoms with E-state index in [2.05, 4.69) is 25.0 Å². The smallest absolute Gasteiger partial charge is 0.355 e. The van der Waals surface area contributed by atoms with Crippen LogP contribution in [0.5, 0.6) is 5.88 Å². The van der Waals surface area contributed by atoms with Crippen molar-refractivity contribution in [3.63, 3.8) is 0 Å². The number of nitrogens with zero attached hydrogens (tertiary/aromatic N) is 2. The van der Waals surface area contributed by atoms with Gasteiger partial charge in [0.15, 0.2) is 0 Å². The average molecular weight is 440 g/mol. The van der Waals surface area contributed by atoms with Gasteiger partial charge in [-0.05, 0) is 6.07 Å². The number of fused-ring (bicyclic) bond motifs is 1. The van der Waals surface area contributed by atoms with Crippen LogP contribution in [0, 0.1) is 0 Å². The number of rotatable bonds is 5. The fourth-order valence-electron chi connectivity index (χ4n) is 2.50. The van der Waals surface area contributed by atoms with E-state index >= 15 is 0 Å². The molecule has 0 atom stereocenters. The number of H-pyrrole nitrogens is 1. The summed E-state index contributed by atoms with van der Waals surface area (Å²) < 4.78 is 37.0. The van der Waals surface area contributed by atoms with Gasteiger partial charge in [-0.2, -0.15) is 4.98 Å². The van der Waals surface area contributed by atoms with Crippen molar-refractivity contribution in [1.29, 1.82) is 0 Å². The van der Waals surface area contributed by atoms with Gasteiger partial charge >= 0.3 is 12.0 Å². The molecule has 3 aromatic rings. The molecule has 1 aromatic carbocycles. The normalized spacial score (nSPS) is 11.1. The number of ether oxygens (including phenoxy) is 2. The van der Waals surface area contributed by atoms with E-state index in [-0.39, 0.29) is 28.1 Å². The molecular weight excluding hydrogens is 426 g/mol. The van der Waals surface area contributed by atoms with Crippen LogP contribution in [-0.4, -0.2) is 49.6 Å². The quantitative estimate of drug-likeness (QED) is 0.402. The minimum Gasteiger partial charge on any atom is -0.481 e. The summed E-state index contributed by atoms with van der Waals surface area (Å²) in [5.74, 6) is -1.13. The highest BCUT2D eigenvalue weighted by Gasteiger charge is 2.30. The summed E-state index contributed by atoms with van der Waals surface area (Å²) in [7, 11) is -2.05. The van der Waals surface area contributed by atoms with E-state index in [4.69, 9.17) is 16.3 Å². The van der Waals surface area contributed by atoms with E-state index in [0.29, 0.717) is 5.52 Å². The number of hydrogen-bond donors (Lipinski definition) is 3. The lowest BCUT2D eigenvalue weighted by Gasteiger charge is -2.09. The number of benzene rings is 1. The molecule has 0 spiro atoms. The molecule has 0 aliphatic heterocycles. The number of sulfonamides is 1. The van der Waals surface area contributed by atoms with Gasteiger partial charge < -0.3 is 14.5 Å². The summed E-state index contributed by atoms with van der Waals surface area (Å²) >= 11 is 5.79. The monoisotopic (exact) mass is 439 g/mol. The van der Waals surface area contributed by atoms with Crippen molar-refractivity contribution in [2.45, 2.75) is 4.90 Å². The third kappa shape index (κ3) is 4.22. The van der Waals surface area contributed by atoms with Gasteiger partial charge in [-0.1, -0.05) is 29.8 Å². The van der Waals surface area contributed by atoms with E-state index in [1.54, 1.807) is 22.9 Å². The Balaban J connectivity index is 1.95. The van der Waals surface area contributed by atoms with Gasteiger partial charge in [0.1, 0.15) is 15.7 Å². The summed E-state index contributed by atoms with van der Waals surface area (Å²) in [5.41, 5.74) is 0.0475. The topological polar surface area (TPSA) is 152 Å². The van der Waals surface area contributed by atoms with Crippen LogP contribution in [0.4, 0.5) is 10.7 Å². The lowest BCUT2D eigenvalue weighted by molar-refractivity contribution is 0.0590. The molecule has 0 radical (unpaired) electrons. The average Bonchev–Trinajstić information content (AvgIpc) is 3.06. The number of anilines is 1. The summed E-state index contributed by atoms with van der Waals surface area (Å²) in [6.07, 6.45) is 0. The number of aromatic nitrogens is 3. The van der Waals surface area contributed by atoms with Gasteiger partial charge in [0.05, 0.1) is 14.2 Å². The van der Waals surface area contributed by atoms with E-state index < -0.39 is 26.9 Å². The standard InChI is InChI=1S/C16H14ClN5O6S/c1-27-11-7-10(17)19-15(20-11)21-16(24)22-29(25,26)13-8-5-3-4-6-9(8)18-12(13)14(23)28-2/h3-7,18H,1-2H3,(H2,19,20,21,22,24). The number of para-hydroxylation sites is 1. The molecule has 2 heterocycles. The number of halogens is 1. The fraction of sp³-hybridized carbons (Fsp3) is 0.125. The first-order chi connectivity index (χ1) is 13.7. The Morgan fingerprint density at radius 1 is 1.17 bits per heavy atom. The molecule has 0 unspecified atom stereocenters. The third-order valence-electron chi connectivity index (χ3n) is 3.65. The van der Waals surface area contributed by atoms with Crippen molar-refractivity contribution in [2.75, 3.05) is 19.5 Å². The van der Waals surface area contributed by atoms with E-state index in [9.17, 15) is 18.0 Å². The van der Waals surface area contributed by atoms with Crippen molar-refractivity contribution >= 4 is 50.5 Å². The van der Waals surface area contributed by atoms with Crippen molar-refractivity contribution in [1.82, 2.24) is 19.7 Å². The Bertz CT molecular complexity index is 1210. The van der Waals surface area contributed by atoms with Crippen LogP contribution in [0.1, 0.15) is 10.5 Å². The molecule has 0 fully saturated rings. The van der Waals surface area contributed by atoms with Crippen molar-refractivity contribution < 1.29 is 27.5 Å². The maximum absolute atomic E-state index is 12.8. The maximum Gasteiger partial charge on any atom is 0.355 e. The van der Waals surface area contributed by atoms with E-state index in [1.165, 1.54) is 19.2 Å². The fourth-order valence-corrected chi connectivity index (χ4v) is 3.94. The van der Waals surface area contributed by atoms with Crippen molar-refractivity contribution in [2.24, 2.45) is 0 Å². The Hall–Kier alpha value is -3.38. The molecule has 152 valence electrons. The summed E-state index contributed by atoms with van der Waals surface area (Å²) in [6.45, 7) is 0. The second kappa shape index (κ2) is 7.93. The van der Waals surface area contributed by atoms with Gasteiger partial charge in [0.25, 0.3) is 10.0 Å². The molecule has 0 saturated heterocycles.